The quantitative estimate of drug-likeness (QED) is 0.515. The van der Waals surface area contributed by atoms with E-state index in [0.29, 0.717) is 0 Å². The van der Waals surface area contributed by atoms with Gasteiger partial charge in [-0.25, -0.2) is 0 Å². The van der Waals surface area contributed by atoms with Gasteiger partial charge in [0.25, 0.3) is 0 Å². The Kier molecular flexibility index (Phi) is 3.31. The molecule has 74 valence electrons. The van der Waals surface area contributed by atoms with E-state index in [4.69, 9.17) is 4.43 Å². The molecule has 1 rings (SSSR count). The van der Waals surface area contributed by atoms with E-state index in [1.54, 1.807) is 0 Å². The fourth-order valence-corrected chi connectivity index (χ4v) is 2.41. The highest BCUT2D eigenvalue weighted by molar-refractivity contribution is 6.70. The van der Waals surface area contributed by atoms with Crippen LogP contribution in [0.1, 0.15) is 19.3 Å². The molecule has 13 heavy (non-hydrogen) atoms. The van der Waals surface area contributed by atoms with Crippen molar-refractivity contribution in [2.75, 3.05) is 0 Å². The van der Waals surface area contributed by atoms with E-state index in [9.17, 15) is 4.79 Å². The average Bonchev–Trinajstić information content (AvgIpc) is 2.03. The Labute approximate surface area is 81.1 Å². The first kappa shape index (κ1) is 10.5. The highest BCUT2D eigenvalue weighted by Gasteiger charge is 2.20. The Morgan fingerprint density at radius 3 is 2.62 bits per heavy atom. The van der Waals surface area contributed by atoms with Crippen LogP contribution in [0.2, 0.25) is 19.6 Å². The van der Waals surface area contributed by atoms with E-state index < -0.39 is 8.32 Å². The van der Waals surface area contributed by atoms with E-state index in [0.717, 1.165) is 31.3 Å². The molecular weight excluding hydrogens is 180 g/mol. The van der Waals surface area contributed by atoms with Crippen LogP contribution in [0.25, 0.3) is 0 Å². The molecule has 0 aliphatic heterocycles. The molecule has 0 saturated carbocycles. The molecule has 0 amide bonds. The number of aldehydes is 1. The van der Waals surface area contributed by atoms with E-state index >= 15 is 0 Å². The van der Waals surface area contributed by atoms with Gasteiger partial charge in [-0.1, -0.05) is 0 Å². The van der Waals surface area contributed by atoms with Crippen LogP contribution in [-0.2, 0) is 9.22 Å². The molecule has 1 aliphatic rings. The molecule has 0 aromatic carbocycles. The van der Waals surface area contributed by atoms with Crippen LogP contribution in [0.15, 0.2) is 11.8 Å². The van der Waals surface area contributed by atoms with Crippen LogP contribution in [-0.4, -0.2) is 14.6 Å². The summed E-state index contributed by atoms with van der Waals surface area (Å²) in [5.74, 6) is 1.34. The summed E-state index contributed by atoms with van der Waals surface area (Å²) in [6.07, 6.45) is 5.90. The maximum absolute atomic E-state index is 10.5. The molecule has 0 aromatic heterocycles. The zero-order valence-electron chi connectivity index (χ0n) is 8.67. The minimum atomic E-state index is -1.43. The van der Waals surface area contributed by atoms with E-state index in [1.165, 1.54) is 0 Å². The van der Waals surface area contributed by atoms with Crippen LogP contribution < -0.4 is 0 Å². The van der Waals surface area contributed by atoms with Gasteiger partial charge in [-0.05, 0) is 38.6 Å². The summed E-state index contributed by atoms with van der Waals surface area (Å²) in [7, 11) is -1.43. The first-order valence-electron chi connectivity index (χ1n) is 4.84. The van der Waals surface area contributed by atoms with E-state index in [1.807, 2.05) is 0 Å². The molecule has 0 aromatic rings. The van der Waals surface area contributed by atoms with Gasteiger partial charge in [0.1, 0.15) is 6.29 Å². The molecule has 0 spiro atoms. The number of hydrogen-bond acceptors (Lipinski definition) is 2. The molecule has 3 heteroatoms. The second kappa shape index (κ2) is 4.09. The summed E-state index contributed by atoms with van der Waals surface area (Å²) in [6.45, 7) is 6.54. The van der Waals surface area contributed by atoms with Crippen molar-refractivity contribution in [3.8, 4) is 0 Å². The summed E-state index contributed by atoms with van der Waals surface area (Å²) >= 11 is 0. The van der Waals surface area contributed by atoms with Crippen LogP contribution in [0.3, 0.4) is 0 Å². The number of rotatable bonds is 3. The van der Waals surface area contributed by atoms with Crippen molar-refractivity contribution in [2.24, 2.45) is 5.92 Å². The largest absolute Gasteiger partial charge is 0.548 e. The maximum atomic E-state index is 10.5. The molecule has 1 atom stereocenters. The van der Waals surface area contributed by atoms with Gasteiger partial charge < -0.3 is 9.22 Å². The van der Waals surface area contributed by atoms with Crippen LogP contribution in [0, 0.1) is 5.92 Å². The lowest BCUT2D eigenvalue weighted by Gasteiger charge is -2.25. The third-order valence-electron chi connectivity index (χ3n) is 2.04. The Balaban J connectivity index is 2.46. The van der Waals surface area contributed by atoms with Crippen molar-refractivity contribution < 1.29 is 9.22 Å². The lowest BCUT2D eigenvalue weighted by atomic mass is 9.95. The van der Waals surface area contributed by atoms with Gasteiger partial charge in [-0.15, -0.1) is 0 Å². The van der Waals surface area contributed by atoms with Crippen LogP contribution in [0.5, 0.6) is 0 Å². The van der Waals surface area contributed by atoms with Gasteiger partial charge >= 0.3 is 0 Å². The van der Waals surface area contributed by atoms with Crippen molar-refractivity contribution in [3.63, 3.8) is 0 Å². The van der Waals surface area contributed by atoms with Crippen molar-refractivity contribution >= 4 is 14.6 Å². The SMILES string of the molecule is C[Si](C)(C)OC1=CC[C@@H](C=O)CC1. The second-order valence-corrected chi connectivity index (χ2v) is 8.98. The summed E-state index contributed by atoms with van der Waals surface area (Å²) < 4.78 is 5.86. The van der Waals surface area contributed by atoms with Gasteiger partial charge in [0.15, 0.2) is 0 Å². The van der Waals surface area contributed by atoms with Crippen molar-refractivity contribution in [3.05, 3.63) is 11.8 Å². The first-order chi connectivity index (χ1) is 6.01. The Bertz CT molecular complexity index is 215. The van der Waals surface area contributed by atoms with Crippen LogP contribution >= 0.6 is 0 Å². The maximum Gasteiger partial charge on any atom is 0.241 e. The van der Waals surface area contributed by atoms with Gasteiger partial charge in [0.2, 0.25) is 8.32 Å². The highest BCUT2D eigenvalue weighted by Crippen LogP contribution is 2.25. The summed E-state index contributed by atoms with van der Waals surface area (Å²) in [4.78, 5) is 10.5. The van der Waals surface area contributed by atoms with Crippen LogP contribution in [0.4, 0.5) is 0 Å². The fraction of sp³-hybridized carbons (Fsp3) is 0.700. The zero-order valence-corrected chi connectivity index (χ0v) is 9.67. The van der Waals surface area contributed by atoms with Gasteiger partial charge in [0.05, 0.1) is 5.76 Å². The summed E-state index contributed by atoms with van der Waals surface area (Å²) in [5, 5.41) is 0. The Hall–Kier alpha value is -0.573. The molecule has 2 nitrogen and oxygen atoms in total. The smallest absolute Gasteiger partial charge is 0.241 e. The predicted octanol–water partition coefficient (Wildman–Crippen LogP) is 2.72. The third-order valence-corrected chi connectivity index (χ3v) is 2.91. The number of hydrogen-bond donors (Lipinski definition) is 0. The molecule has 0 heterocycles. The minimum absolute atomic E-state index is 0.231. The number of carbonyl (C=O) groups is 1. The minimum Gasteiger partial charge on any atom is -0.548 e. The third kappa shape index (κ3) is 3.76. The van der Waals surface area contributed by atoms with E-state index in [2.05, 4.69) is 25.7 Å². The average molecular weight is 198 g/mol. The molecular formula is C10H18O2Si. The molecule has 0 bridgehead atoms. The molecule has 0 fully saturated rings. The Morgan fingerprint density at radius 1 is 1.54 bits per heavy atom. The molecule has 0 radical (unpaired) electrons. The molecule has 0 unspecified atom stereocenters. The summed E-state index contributed by atoms with van der Waals surface area (Å²) in [6, 6.07) is 0. The van der Waals surface area contributed by atoms with Crippen molar-refractivity contribution in [1.82, 2.24) is 0 Å². The molecule has 1 aliphatic carbocycles. The number of allylic oxidation sites excluding steroid dienone is 2. The zero-order chi connectivity index (χ0) is 9.90. The number of carbonyl (C=O) groups excluding carboxylic acids is 1. The molecule has 0 saturated heterocycles. The lowest BCUT2D eigenvalue weighted by Crippen LogP contribution is -2.26. The highest BCUT2D eigenvalue weighted by atomic mass is 28.4. The normalized spacial score (nSPS) is 23.6. The first-order valence-corrected chi connectivity index (χ1v) is 8.25. The summed E-state index contributed by atoms with van der Waals surface area (Å²) in [5.41, 5.74) is 0. The second-order valence-electron chi connectivity index (χ2n) is 4.56. The van der Waals surface area contributed by atoms with Gasteiger partial charge in [0, 0.05) is 12.3 Å². The monoisotopic (exact) mass is 198 g/mol. The topological polar surface area (TPSA) is 26.3 Å². The predicted molar refractivity (Wildman–Crippen MR) is 55.9 cm³/mol. The van der Waals surface area contributed by atoms with Crippen molar-refractivity contribution in [1.29, 1.82) is 0 Å². The van der Waals surface area contributed by atoms with Gasteiger partial charge in [-0.3, -0.25) is 0 Å². The lowest BCUT2D eigenvalue weighted by molar-refractivity contribution is -0.111. The van der Waals surface area contributed by atoms with E-state index in [-0.39, 0.29) is 5.92 Å². The molecule has 0 N–H and O–H groups in total. The van der Waals surface area contributed by atoms with Crippen molar-refractivity contribution in [2.45, 2.75) is 38.9 Å². The standard InChI is InChI=1S/C10H18O2Si/c1-13(2,3)12-10-6-4-9(8-11)5-7-10/h6,8-9H,4-5,7H2,1-3H3/t9-/m1/s1. The Morgan fingerprint density at radius 2 is 2.23 bits per heavy atom. The fourth-order valence-electron chi connectivity index (χ4n) is 1.44. The van der Waals surface area contributed by atoms with Gasteiger partial charge in [-0.2, -0.15) is 0 Å².